The largest absolute Gasteiger partial charge is 0.379 e. The molecule has 7 heteroatoms. The van der Waals surface area contributed by atoms with E-state index in [4.69, 9.17) is 4.74 Å². The number of aliphatic imine (C=N–C) groups is 1. The van der Waals surface area contributed by atoms with Crippen molar-refractivity contribution in [1.29, 1.82) is 0 Å². The van der Waals surface area contributed by atoms with E-state index in [9.17, 15) is 0 Å². The van der Waals surface area contributed by atoms with Crippen LogP contribution in [0.2, 0.25) is 0 Å². The van der Waals surface area contributed by atoms with E-state index in [-0.39, 0.29) is 24.0 Å². The summed E-state index contributed by atoms with van der Waals surface area (Å²) in [5, 5.41) is 8.11. The van der Waals surface area contributed by atoms with Crippen molar-refractivity contribution in [2.24, 2.45) is 4.99 Å². The first-order valence-corrected chi connectivity index (χ1v) is 9.08. The maximum Gasteiger partial charge on any atom is 0.191 e. The SMILES string of the molecule is CN=C(NCCc1c[nH]c2c(C)cccc12)NCCN1CCOCC1.I. The second kappa shape index (κ2) is 10.7. The fourth-order valence-electron chi connectivity index (χ4n) is 3.26. The molecular weight excluding hydrogens is 441 g/mol. The van der Waals surface area contributed by atoms with Gasteiger partial charge in [0.15, 0.2) is 5.96 Å². The molecule has 1 fully saturated rings. The molecule has 3 N–H and O–H groups in total. The third-order valence-corrected chi connectivity index (χ3v) is 4.74. The highest BCUT2D eigenvalue weighted by molar-refractivity contribution is 14.0. The van der Waals surface area contributed by atoms with Gasteiger partial charge in [-0.3, -0.25) is 9.89 Å². The zero-order valence-corrected chi connectivity index (χ0v) is 18.0. The van der Waals surface area contributed by atoms with Gasteiger partial charge in [-0.05, 0) is 24.5 Å². The number of ether oxygens (including phenoxy) is 1. The fraction of sp³-hybridized carbons (Fsp3) is 0.526. The summed E-state index contributed by atoms with van der Waals surface area (Å²) in [5.74, 6) is 0.865. The number of H-pyrrole nitrogens is 1. The molecule has 0 saturated carbocycles. The van der Waals surface area contributed by atoms with E-state index < -0.39 is 0 Å². The van der Waals surface area contributed by atoms with Crippen molar-refractivity contribution in [3.8, 4) is 0 Å². The molecule has 2 heterocycles. The van der Waals surface area contributed by atoms with Crippen LogP contribution < -0.4 is 10.6 Å². The standard InChI is InChI=1S/C19H29N5O.HI/c1-15-4-3-5-17-16(14-23-18(15)17)6-7-21-19(20-2)22-8-9-24-10-12-25-13-11-24;/h3-5,14,23H,6-13H2,1-2H3,(H2,20,21,22);1H. The van der Waals surface area contributed by atoms with Crippen LogP contribution in [0, 0.1) is 6.92 Å². The Morgan fingerprint density at radius 3 is 2.77 bits per heavy atom. The number of benzene rings is 1. The Kier molecular flexibility index (Phi) is 8.67. The molecule has 0 amide bonds. The minimum absolute atomic E-state index is 0. The smallest absolute Gasteiger partial charge is 0.191 e. The van der Waals surface area contributed by atoms with Crippen molar-refractivity contribution in [3.05, 3.63) is 35.5 Å². The van der Waals surface area contributed by atoms with E-state index in [2.05, 4.69) is 56.8 Å². The van der Waals surface area contributed by atoms with Gasteiger partial charge in [-0.15, -0.1) is 24.0 Å². The number of guanidine groups is 1. The predicted molar refractivity (Wildman–Crippen MR) is 119 cm³/mol. The van der Waals surface area contributed by atoms with E-state index in [0.29, 0.717) is 0 Å². The number of morpholine rings is 1. The van der Waals surface area contributed by atoms with Crippen molar-refractivity contribution in [2.75, 3.05) is 53.0 Å². The summed E-state index contributed by atoms with van der Waals surface area (Å²) in [7, 11) is 1.82. The summed E-state index contributed by atoms with van der Waals surface area (Å²) in [5.41, 5.74) is 3.87. The Morgan fingerprint density at radius 2 is 2.00 bits per heavy atom. The summed E-state index contributed by atoms with van der Waals surface area (Å²) < 4.78 is 5.37. The van der Waals surface area contributed by atoms with Crippen LogP contribution in [0.3, 0.4) is 0 Å². The van der Waals surface area contributed by atoms with Gasteiger partial charge < -0.3 is 20.4 Å². The molecule has 1 aliphatic rings. The molecule has 1 aliphatic heterocycles. The lowest BCUT2D eigenvalue weighted by Gasteiger charge is -2.26. The van der Waals surface area contributed by atoms with E-state index in [1.54, 1.807) is 0 Å². The zero-order chi connectivity index (χ0) is 17.5. The number of nitrogens with one attached hydrogen (secondary N) is 3. The van der Waals surface area contributed by atoms with Gasteiger partial charge in [-0.2, -0.15) is 0 Å². The lowest BCUT2D eigenvalue weighted by Crippen LogP contribution is -2.44. The second-order valence-electron chi connectivity index (χ2n) is 6.44. The maximum atomic E-state index is 5.37. The molecule has 2 aromatic rings. The summed E-state index contributed by atoms with van der Waals surface area (Å²) in [6, 6.07) is 6.44. The molecular formula is C19H30IN5O. The Balaban J connectivity index is 0.00000243. The summed E-state index contributed by atoms with van der Waals surface area (Å²) >= 11 is 0. The second-order valence-corrected chi connectivity index (χ2v) is 6.44. The Hall–Kier alpha value is -1.32. The van der Waals surface area contributed by atoms with E-state index in [1.807, 2.05) is 7.05 Å². The number of para-hydroxylation sites is 1. The number of aryl methyl sites for hydroxylation is 1. The number of nitrogens with zero attached hydrogens (tertiary/aromatic N) is 2. The molecule has 0 radical (unpaired) electrons. The predicted octanol–water partition coefficient (Wildman–Crippen LogP) is 2.13. The average molecular weight is 471 g/mol. The molecule has 0 spiro atoms. The first kappa shape index (κ1) is 21.0. The normalized spacial score (nSPS) is 15.7. The number of fused-ring (bicyclic) bond motifs is 1. The summed E-state index contributed by atoms with van der Waals surface area (Å²) in [6.45, 7) is 8.65. The minimum atomic E-state index is 0. The topological polar surface area (TPSA) is 64.7 Å². The number of halogens is 1. The van der Waals surface area contributed by atoms with Crippen LogP contribution >= 0.6 is 24.0 Å². The Morgan fingerprint density at radius 1 is 1.23 bits per heavy atom. The quantitative estimate of drug-likeness (QED) is 0.343. The number of hydrogen-bond acceptors (Lipinski definition) is 3. The fourth-order valence-corrected chi connectivity index (χ4v) is 3.26. The van der Waals surface area contributed by atoms with Crippen LogP contribution in [-0.2, 0) is 11.2 Å². The monoisotopic (exact) mass is 471 g/mol. The van der Waals surface area contributed by atoms with Crippen molar-refractivity contribution >= 4 is 40.8 Å². The molecule has 0 unspecified atom stereocenters. The molecule has 1 aromatic heterocycles. The van der Waals surface area contributed by atoms with Crippen LogP contribution in [0.15, 0.2) is 29.4 Å². The van der Waals surface area contributed by atoms with Crippen molar-refractivity contribution in [1.82, 2.24) is 20.5 Å². The molecule has 6 nitrogen and oxygen atoms in total. The zero-order valence-electron chi connectivity index (χ0n) is 15.7. The van der Waals surface area contributed by atoms with Gasteiger partial charge in [0.25, 0.3) is 0 Å². The Labute approximate surface area is 172 Å². The average Bonchev–Trinajstić information content (AvgIpc) is 3.06. The lowest BCUT2D eigenvalue weighted by molar-refractivity contribution is 0.0389. The van der Waals surface area contributed by atoms with Gasteiger partial charge in [0.05, 0.1) is 13.2 Å². The van der Waals surface area contributed by atoms with Gasteiger partial charge in [0.2, 0.25) is 0 Å². The third-order valence-electron chi connectivity index (χ3n) is 4.74. The highest BCUT2D eigenvalue weighted by atomic mass is 127. The summed E-state index contributed by atoms with van der Waals surface area (Å²) in [4.78, 5) is 10.1. The number of rotatable bonds is 6. The summed E-state index contributed by atoms with van der Waals surface area (Å²) in [6.07, 6.45) is 3.08. The van der Waals surface area contributed by atoms with Gasteiger partial charge in [0.1, 0.15) is 0 Å². The molecule has 144 valence electrons. The van der Waals surface area contributed by atoms with E-state index >= 15 is 0 Å². The highest BCUT2D eigenvalue weighted by Crippen LogP contribution is 2.21. The third kappa shape index (κ3) is 5.59. The molecule has 0 bridgehead atoms. The van der Waals surface area contributed by atoms with Crippen molar-refractivity contribution in [2.45, 2.75) is 13.3 Å². The van der Waals surface area contributed by atoms with E-state index in [0.717, 1.165) is 58.3 Å². The molecule has 26 heavy (non-hydrogen) atoms. The maximum absolute atomic E-state index is 5.37. The number of aromatic nitrogens is 1. The van der Waals surface area contributed by atoms with Gasteiger partial charge >= 0.3 is 0 Å². The van der Waals surface area contributed by atoms with E-state index in [1.165, 1.54) is 22.0 Å². The van der Waals surface area contributed by atoms with Crippen LogP contribution in [-0.4, -0.2) is 68.8 Å². The first-order chi connectivity index (χ1) is 12.3. The van der Waals surface area contributed by atoms with Gasteiger partial charge in [-0.25, -0.2) is 0 Å². The molecule has 1 saturated heterocycles. The minimum Gasteiger partial charge on any atom is -0.379 e. The van der Waals surface area contributed by atoms with Crippen LogP contribution in [0.5, 0.6) is 0 Å². The molecule has 0 aliphatic carbocycles. The molecule has 3 rings (SSSR count). The van der Waals surface area contributed by atoms with Crippen LogP contribution in [0.25, 0.3) is 10.9 Å². The van der Waals surface area contributed by atoms with Crippen molar-refractivity contribution < 1.29 is 4.74 Å². The number of aromatic amines is 1. The highest BCUT2D eigenvalue weighted by Gasteiger charge is 2.10. The number of hydrogen-bond donors (Lipinski definition) is 3. The van der Waals surface area contributed by atoms with Crippen molar-refractivity contribution in [3.63, 3.8) is 0 Å². The first-order valence-electron chi connectivity index (χ1n) is 9.08. The van der Waals surface area contributed by atoms with Gasteiger partial charge in [-0.1, -0.05) is 18.2 Å². The molecule has 1 aromatic carbocycles. The van der Waals surface area contributed by atoms with Crippen LogP contribution in [0.1, 0.15) is 11.1 Å². The Bertz CT molecular complexity index is 709. The molecule has 0 atom stereocenters. The van der Waals surface area contributed by atoms with Crippen LogP contribution in [0.4, 0.5) is 0 Å². The van der Waals surface area contributed by atoms with Gasteiger partial charge in [0, 0.05) is 56.9 Å². The lowest BCUT2D eigenvalue weighted by atomic mass is 10.1.